The van der Waals surface area contributed by atoms with Crippen LogP contribution in [0.1, 0.15) is 21.9 Å². The molecule has 3 rings (SSSR count). The van der Waals surface area contributed by atoms with Crippen LogP contribution in [0.3, 0.4) is 0 Å². The molecule has 5 nitrogen and oxygen atoms in total. The van der Waals surface area contributed by atoms with Crippen LogP contribution in [0.25, 0.3) is 16.8 Å². The van der Waals surface area contributed by atoms with Crippen LogP contribution >= 0.6 is 0 Å². The molecule has 1 aromatic carbocycles. The molecule has 100 valence electrons. The number of hydrogen-bond donors (Lipinski definition) is 0. The number of aromatic nitrogens is 3. The van der Waals surface area contributed by atoms with Crippen molar-refractivity contribution in [3.63, 3.8) is 0 Å². The third-order valence-corrected chi connectivity index (χ3v) is 3.15. The summed E-state index contributed by atoms with van der Waals surface area (Å²) in [6.07, 6.45) is 0. The number of benzene rings is 1. The van der Waals surface area contributed by atoms with E-state index in [9.17, 15) is 9.90 Å². The zero-order valence-electron chi connectivity index (χ0n) is 11.1. The van der Waals surface area contributed by atoms with Gasteiger partial charge in [-0.15, -0.1) is 0 Å². The van der Waals surface area contributed by atoms with Gasteiger partial charge in [0.05, 0.1) is 11.5 Å². The number of aromatic carboxylic acids is 1. The zero-order valence-corrected chi connectivity index (χ0v) is 11.1. The van der Waals surface area contributed by atoms with Gasteiger partial charge in [0.2, 0.25) is 0 Å². The molecule has 0 radical (unpaired) electrons. The molecule has 2 heterocycles. The fourth-order valence-corrected chi connectivity index (χ4v) is 2.33. The molecule has 20 heavy (non-hydrogen) atoms. The first-order valence-corrected chi connectivity index (χ1v) is 6.21. The minimum atomic E-state index is -1.30. The van der Waals surface area contributed by atoms with Gasteiger partial charge in [-0.05, 0) is 25.5 Å². The molecule has 0 aliphatic heterocycles. The van der Waals surface area contributed by atoms with Crippen LogP contribution in [0.4, 0.5) is 0 Å². The topological polar surface area (TPSA) is 70.3 Å². The summed E-state index contributed by atoms with van der Waals surface area (Å²) in [5.41, 5.74) is 3.36. The van der Waals surface area contributed by atoms with E-state index in [-0.39, 0.29) is 5.69 Å². The summed E-state index contributed by atoms with van der Waals surface area (Å²) in [6, 6.07) is 11.1. The average Bonchev–Trinajstić information content (AvgIpc) is 2.79. The predicted octanol–water partition coefficient (Wildman–Crippen LogP) is 1.38. The lowest BCUT2D eigenvalue weighted by Gasteiger charge is -2.04. The van der Waals surface area contributed by atoms with Gasteiger partial charge < -0.3 is 9.90 Å². The van der Waals surface area contributed by atoms with E-state index in [1.807, 2.05) is 50.2 Å². The Morgan fingerprint density at radius 2 is 1.90 bits per heavy atom. The van der Waals surface area contributed by atoms with Gasteiger partial charge in [-0.2, -0.15) is 5.10 Å². The van der Waals surface area contributed by atoms with Crippen molar-refractivity contribution >= 4 is 11.6 Å². The summed E-state index contributed by atoms with van der Waals surface area (Å²) in [6.45, 7) is 3.73. The van der Waals surface area contributed by atoms with E-state index < -0.39 is 5.97 Å². The zero-order chi connectivity index (χ0) is 14.3. The SMILES string of the molecule is Cc1cc(C)n2nc(C(=O)[O-])c(-c3ccccc3)c2n1. The maximum atomic E-state index is 11.3. The highest BCUT2D eigenvalue weighted by Gasteiger charge is 2.17. The molecule has 3 aromatic rings. The molecule has 0 fully saturated rings. The van der Waals surface area contributed by atoms with Gasteiger partial charge in [-0.25, -0.2) is 9.50 Å². The maximum Gasteiger partial charge on any atom is 0.164 e. The van der Waals surface area contributed by atoms with Crippen LogP contribution in [-0.2, 0) is 0 Å². The van der Waals surface area contributed by atoms with Gasteiger partial charge >= 0.3 is 0 Å². The summed E-state index contributed by atoms with van der Waals surface area (Å²) >= 11 is 0. The molecule has 0 spiro atoms. The normalized spacial score (nSPS) is 10.9. The third kappa shape index (κ3) is 1.84. The lowest BCUT2D eigenvalue weighted by molar-refractivity contribution is -0.255. The minimum absolute atomic E-state index is 0.0857. The number of aryl methyl sites for hydroxylation is 2. The molecule has 0 saturated heterocycles. The summed E-state index contributed by atoms with van der Waals surface area (Å²) < 4.78 is 1.54. The van der Waals surface area contributed by atoms with Crippen molar-refractivity contribution in [2.24, 2.45) is 0 Å². The number of carbonyl (C=O) groups is 1. The Bertz CT molecular complexity index is 807. The Hall–Kier alpha value is -2.69. The average molecular weight is 266 g/mol. The monoisotopic (exact) mass is 266 g/mol. The lowest BCUT2D eigenvalue weighted by Crippen LogP contribution is -2.23. The molecule has 0 aliphatic rings. The van der Waals surface area contributed by atoms with Gasteiger partial charge in [0.25, 0.3) is 0 Å². The number of carbonyl (C=O) groups excluding carboxylic acids is 1. The lowest BCUT2D eigenvalue weighted by atomic mass is 10.1. The number of carboxylic acids is 1. The van der Waals surface area contributed by atoms with Crippen molar-refractivity contribution in [1.82, 2.24) is 14.6 Å². The second kappa shape index (κ2) is 4.45. The van der Waals surface area contributed by atoms with Crippen LogP contribution in [-0.4, -0.2) is 20.6 Å². The molecule has 5 heteroatoms. The van der Waals surface area contributed by atoms with E-state index in [0.29, 0.717) is 11.2 Å². The molecule has 0 saturated carbocycles. The minimum Gasteiger partial charge on any atom is -0.543 e. The maximum absolute atomic E-state index is 11.3. The van der Waals surface area contributed by atoms with Crippen LogP contribution in [0.5, 0.6) is 0 Å². The first kappa shape index (κ1) is 12.3. The highest BCUT2D eigenvalue weighted by molar-refractivity contribution is 5.97. The fourth-order valence-electron chi connectivity index (χ4n) is 2.33. The number of nitrogens with zero attached hydrogens (tertiary/aromatic N) is 3. The van der Waals surface area contributed by atoms with Crippen LogP contribution < -0.4 is 5.11 Å². The highest BCUT2D eigenvalue weighted by atomic mass is 16.4. The van der Waals surface area contributed by atoms with Crippen molar-refractivity contribution in [1.29, 1.82) is 0 Å². The Morgan fingerprint density at radius 1 is 1.20 bits per heavy atom. The summed E-state index contributed by atoms with van der Waals surface area (Å²) in [5, 5.41) is 15.5. The van der Waals surface area contributed by atoms with Gasteiger partial charge in [-0.1, -0.05) is 30.3 Å². The summed E-state index contributed by atoms with van der Waals surface area (Å²) in [4.78, 5) is 15.8. The Morgan fingerprint density at radius 3 is 2.55 bits per heavy atom. The van der Waals surface area contributed by atoms with Gasteiger partial charge in [0, 0.05) is 11.4 Å². The van der Waals surface area contributed by atoms with E-state index in [4.69, 9.17) is 0 Å². The molecule has 0 unspecified atom stereocenters. The first-order valence-electron chi connectivity index (χ1n) is 6.21. The van der Waals surface area contributed by atoms with E-state index in [1.165, 1.54) is 0 Å². The van der Waals surface area contributed by atoms with Crippen molar-refractivity contribution in [3.05, 3.63) is 53.5 Å². The number of rotatable bonds is 2. The van der Waals surface area contributed by atoms with Crippen LogP contribution in [0, 0.1) is 13.8 Å². The fraction of sp³-hybridized carbons (Fsp3) is 0.133. The van der Waals surface area contributed by atoms with E-state index in [0.717, 1.165) is 17.0 Å². The van der Waals surface area contributed by atoms with Crippen molar-refractivity contribution in [2.75, 3.05) is 0 Å². The molecular formula is C15H12N3O2-. The van der Waals surface area contributed by atoms with Crippen molar-refractivity contribution < 1.29 is 9.90 Å². The molecule has 0 atom stereocenters. The van der Waals surface area contributed by atoms with Crippen molar-refractivity contribution in [2.45, 2.75) is 13.8 Å². The molecular weight excluding hydrogens is 254 g/mol. The van der Waals surface area contributed by atoms with Gasteiger partial charge in [-0.3, -0.25) is 0 Å². The van der Waals surface area contributed by atoms with Crippen molar-refractivity contribution in [3.8, 4) is 11.1 Å². The Labute approximate surface area is 115 Å². The second-order valence-electron chi connectivity index (χ2n) is 4.65. The smallest absolute Gasteiger partial charge is 0.164 e. The molecule has 0 bridgehead atoms. The molecule has 0 aliphatic carbocycles. The van der Waals surface area contributed by atoms with E-state index >= 15 is 0 Å². The first-order chi connectivity index (χ1) is 9.58. The van der Waals surface area contributed by atoms with E-state index in [1.54, 1.807) is 4.52 Å². The Balaban J connectivity index is 2.44. The van der Waals surface area contributed by atoms with Crippen LogP contribution in [0.2, 0.25) is 0 Å². The van der Waals surface area contributed by atoms with E-state index in [2.05, 4.69) is 10.1 Å². The Kier molecular flexibility index (Phi) is 2.75. The quantitative estimate of drug-likeness (QED) is 0.702. The molecule has 0 N–H and O–H groups in total. The largest absolute Gasteiger partial charge is 0.543 e. The molecule has 2 aromatic heterocycles. The summed E-state index contributed by atoms with van der Waals surface area (Å²) in [5.74, 6) is -1.30. The summed E-state index contributed by atoms with van der Waals surface area (Å²) in [7, 11) is 0. The highest BCUT2D eigenvalue weighted by Crippen LogP contribution is 2.27. The standard InChI is InChI=1S/C15H13N3O2/c1-9-8-10(2)18-14(16-9)12(13(17-18)15(19)20)11-6-4-3-5-7-11/h3-8H,1-2H3,(H,19,20)/p-1. The second-order valence-corrected chi connectivity index (χ2v) is 4.65. The predicted molar refractivity (Wildman–Crippen MR) is 72.2 cm³/mol. The van der Waals surface area contributed by atoms with Crippen LogP contribution in [0.15, 0.2) is 36.4 Å². The number of carboxylic acid groups (broad SMARTS) is 1. The number of fused-ring (bicyclic) bond motifs is 1. The number of hydrogen-bond acceptors (Lipinski definition) is 4. The third-order valence-electron chi connectivity index (χ3n) is 3.15. The molecule has 0 amide bonds. The van der Waals surface area contributed by atoms with Gasteiger partial charge in [0.15, 0.2) is 5.65 Å². The van der Waals surface area contributed by atoms with Gasteiger partial charge in [0.1, 0.15) is 5.69 Å².